The van der Waals surface area contributed by atoms with Crippen LogP contribution in [-0.4, -0.2) is 19.2 Å². The molecular formula is C15H24N2O. The van der Waals surface area contributed by atoms with Crippen molar-refractivity contribution >= 4 is 11.4 Å². The summed E-state index contributed by atoms with van der Waals surface area (Å²) in [5.41, 5.74) is 8.01. The number of nitrogens with two attached hydrogens (primary N) is 1. The van der Waals surface area contributed by atoms with Crippen molar-refractivity contribution in [1.29, 1.82) is 0 Å². The number of nitrogen functional groups attached to an aromatic ring is 1. The molecule has 1 aromatic carbocycles. The first-order valence-corrected chi connectivity index (χ1v) is 6.92. The lowest BCUT2D eigenvalue weighted by atomic mass is 10.1. The molecule has 0 aromatic heterocycles. The van der Waals surface area contributed by atoms with E-state index >= 15 is 0 Å². The first-order chi connectivity index (χ1) is 8.61. The summed E-state index contributed by atoms with van der Waals surface area (Å²) >= 11 is 0. The zero-order valence-electron chi connectivity index (χ0n) is 11.6. The van der Waals surface area contributed by atoms with Crippen LogP contribution in [0, 0.1) is 5.92 Å². The largest absolute Gasteiger partial charge is 0.486 e. The molecule has 0 saturated carbocycles. The van der Waals surface area contributed by atoms with Crippen molar-refractivity contribution in [2.45, 2.75) is 39.7 Å². The van der Waals surface area contributed by atoms with Gasteiger partial charge in [-0.15, -0.1) is 0 Å². The van der Waals surface area contributed by atoms with E-state index in [0.29, 0.717) is 5.92 Å². The Bertz CT molecular complexity index is 403. The van der Waals surface area contributed by atoms with Gasteiger partial charge in [-0.05, 0) is 30.9 Å². The third-order valence-corrected chi connectivity index (χ3v) is 3.50. The Kier molecular flexibility index (Phi) is 4.00. The van der Waals surface area contributed by atoms with Crippen molar-refractivity contribution in [2.24, 2.45) is 5.92 Å². The zero-order chi connectivity index (χ0) is 13.1. The topological polar surface area (TPSA) is 38.5 Å². The molecule has 0 radical (unpaired) electrons. The number of fused-ring (bicyclic) bond motifs is 1. The molecular weight excluding hydrogens is 224 g/mol. The van der Waals surface area contributed by atoms with Gasteiger partial charge in [-0.1, -0.05) is 26.8 Å². The van der Waals surface area contributed by atoms with Gasteiger partial charge in [0.2, 0.25) is 0 Å². The van der Waals surface area contributed by atoms with Gasteiger partial charge in [-0.3, -0.25) is 0 Å². The van der Waals surface area contributed by atoms with E-state index in [1.54, 1.807) is 0 Å². The molecule has 1 aliphatic heterocycles. The minimum atomic E-state index is 0.284. The predicted molar refractivity (Wildman–Crippen MR) is 77.2 cm³/mol. The molecule has 3 heteroatoms. The van der Waals surface area contributed by atoms with Gasteiger partial charge in [0.25, 0.3) is 0 Å². The highest BCUT2D eigenvalue weighted by molar-refractivity contribution is 5.75. The van der Waals surface area contributed by atoms with Gasteiger partial charge >= 0.3 is 0 Å². The monoisotopic (exact) mass is 248 g/mol. The molecule has 1 aromatic rings. The quantitative estimate of drug-likeness (QED) is 0.831. The molecule has 2 N–H and O–H groups in total. The van der Waals surface area contributed by atoms with Gasteiger partial charge in [0.05, 0.1) is 12.2 Å². The van der Waals surface area contributed by atoms with Gasteiger partial charge in [-0.2, -0.15) is 0 Å². The number of nitrogens with zero attached hydrogens (tertiary/aromatic N) is 1. The molecule has 0 spiro atoms. The van der Waals surface area contributed by atoms with Crippen LogP contribution in [0.1, 0.15) is 33.6 Å². The molecule has 0 fully saturated rings. The maximum atomic E-state index is 6.10. The molecule has 1 unspecified atom stereocenters. The maximum Gasteiger partial charge on any atom is 0.145 e. The highest BCUT2D eigenvalue weighted by Crippen LogP contribution is 2.38. The fraction of sp³-hybridized carbons (Fsp3) is 0.600. The summed E-state index contributed by atoms with van der Waals surface area (Å²) in [6.45, 7) is 8.69. The number of anilines is 2. The summed E-state index contributed by atoms with van der Waals surface area (Å²) in [6.07, 6.45) is 2.50. The molecule has 100 valence electrons. The van der Waals surface area contributed by atoms with Crippen molar-refractivity contribution in [1.82, 2.24) is 0 Å². The van der Waals surface area contributed by atoms with E-state index in [4.69, 9.17) is 10.5 Å². The molecule has 0 amide bonds. The molecule has 0 bridgehead atoms. The van der Waals surface area contributed by atoms with E-state index in [-0.39, 0.29) is 6.10 Å². The molecule has 0 saturated heterocycles. The fourth-order valence-electron chi connectivity index (χ4n) is 2.36. The molecule has 1 atom stereocenters. The second-order valence-electron chi connectivity index (χ2n) is 5.47. The van der Waals surface area contributed by atoms with E-state index in [1.807, 2.05) is 18.2 Å². The van der Waals surface area contributed by atoms with Crippen LogP contribution in [0.15, 0.2) is 18.2 Å². The average molecular weight is 248 g/mol. The molecule has 1 aliphatic rings. The van der Waals surface area contributed by atoms with Crippen molar-refractivity contribution < 1.29 is 4.74 Å². The van der Waals surface area contributed by atoms with Crippen molar-refractivity contribution in [3.8, 4) is 5.75 Å². The standard InChI is InChI=1S/C15H24N2O/c1-4-12-10-17(9-8-11(2)3)15-13(16)6-5-7-14(15)18-12/h5-7,11-12H,4,8-10,16H2,1-3H3. The van der Waals surface area contributed by atoms with E-state index in [2.05, 4.69) is 25.7 Å². The van der Waals surface area contributed by atoms with Gasteiger partial charge in [0.15, 0.2) is 0 Å². The number of rotatable bonds is 4. The van der Waals surface area contributed by atoms with Crippen LogP contribution in [0.2, 0.25) is 0 Å². The Balaban J connectivity index is 2.23. The van der Waals surface area contributed by atoms with Crippen LogP contribution in [0.5, 0.6) is 5.75 Å². The molecule has 3 nitrogen and oxygen atoms in total. The van der Waals surface area contributed by atoms with E-state index < -0.39 is 0 Å². The molecule has 0 aliphatic carbocycles. The number of benzene rings is 1. The van der Waals surface area contributed by atoms with Gasteiger partial charge < -0.3 is 15.4 Å². The summed E-state index contributed by atoms with van der Waals surface area (Å²) in [4.78, 5) is 2.39. The summed E-state index contributed by atoms with van der Waals surface area (Å²) < 4.78 is 5.98. The first-order valence-electron chi connectivity index (χ1n) is 6.92. The van der Waals surface area contributed by atoms with E-state index in [9.17, 15) is 0 Å². The summed E-state index contributed by atoms with van der Waals surface area (Å²) in [7, 11) is 0. The predicted octanol–water partition coefficient (Wildman–Crippen LogP) is 3.29. The number of para-hydroxylation sites is 1. The van der Waals surface area contributed by atoms with Crippen LogP contribution < -0.4 is 15.4 Å². The second kappa shape index (κ2) is 5.51. The molecule has 18 heavy (non-hydrogen) atoms. The lowest BCUT2D eigenvalue weighted by Gasteiger charge is -2.37. The Labute approximate surface area is 110 Å². The SMILES string of the molecule is CCC1CN(CCC(C)C)c2c(N)cccc2O1. The van der Waals surface area contributed by atoms with Crippen molar-refractivity contribution in [3.63, 3.8) is 0 Å². The van der Waals surface area contributed by atoms with Gasteiger partial charge in [0, 0.05) is 6.54 Å². The van der Waals surface area contributed by atoms with Crippen molar-refractivity contribution in [3.05, 3.63) is 18.2 Å². The Morgan fingerprint density at radius 3 is 2.89 bits per heavy atom. The zero-order valence-corrected chi connectivity index (χ0v) is 11.6. The third kappa shape index (κ3) is 2.71. The normalized spacial score (nSPS) is 18.7. The minimum Gasteiger partial charge on any atom is -0.486 e. The third-order valence-electron chi connectivity index (χ3n) is 3.50. The Morgan fingerprint density at radius 2 is 2.22 bits per heavy atom. The van der Waals surface area contributed by atoms with Crippen LogP contribution >= 0.6 is 0 Å². The lowest BCUT2D eigenvalue weighted by Crippen LogP contribution is -2.41. The molecule has 2 rings (SSSR count). The summed E-state index contributed by atoms with van der Waals surface area (Å²) in [5.74, 6) is 1.65. The smallest absolute Gasteiger partial charge is 0.145 e. The van der Waals surface area contributed by atoms with Crippen LogP contribution in [0.3, 0.4) is 0 Å². The van der Waals surface area contributed by atoms with Crippen LogP contribution in [0.4, 0.5) is 11.4 Å². The Hall–Kier alpha value is -1.38. The minimum absolute atomic E-state index is 0.284. The van der Waals surface area contributed by atoms with Crippen molar-refractivity contribution in [2.75, 3.05) is 23.7 Å². The first kappa shape index (κ1) is 13.1. The van der Waals surface area contributed by atoms with Gasteiger partial charge in [-0.25, -0.2) is 0 Å². The maximum absolute atomic E-state index is 6.10. The van der Waals surface area contributed by atoms with Gasteiger partial charge in [0.1, 0.15) is 17.5 Å². The van der Waals surface area contributed by atoms with E-state index in [0.717, 1.165) is 36.6 Å². The average Bonchev–Trinajstić information content (AvgIpc) is 2.35. The number of hydrogen-bond acceptors (Lipinski definition) is 3. The van der Waals surface area contributed by atoms with Crippen LogP contribution in [-0.2, 0) is 0 Å². The number of hydrogen-bond donors (Lipinski definition) is 1. The fourth-order valence-corrected chi connectivity index (χ4v) is 2.36. The highest BCUT2D eigenvalue weighted by Gasteiger charge is 2.26. The Morgan fingerprint density at radius 1 is 1.44 bits per heavy atom. The highest BCUT2D eigenvalue weighted by atomic mass is 16.5. The lowest BCUT2D eigenvalue weighted by molar-refractivity contribution is 0.189. The second-order valence-corrected chi connectivity index (χ2v) is 5.47. The number of ether oxygens (including phenoxy) is 1. The van der Waals surface area contributed by atoms with E-state index in [1.165, 1.54) is 6.42 Å². The summed E-state index contributed by atoms with van der Waals surface area (Å²) in [5, 5.41) is 0. The molecule has 1 heterocycles. The van der Waals surface area contributed by atoms with Crippen LogP contribution in [0.25, 0.3) is 0 Å². The summed E-state index contributed by atoms with van der Waals surface area (Å²) in [6, 6.07) is 5.94.